The Bertz CT molecular complexity index is 1670. The molecular formula is C37H44F2IN4O4P. The molecule has 0 saturated carbocycles. The van der Waals surface area contributed by atoms with E-state index in [0.717, 1.165) is 36.8 Å². The zero-order valence-corrected chi connectivity index (χ0v) is 29.8. The fraction of sp³-hybridized carbons (Fsp3) is 0.297. The standard InChI is InChI=1S/C18H20FN2O2P.C18H19FN2O2.CH4.HI/c19-15-4-2-1-3-13(15)11-23-14-7-5-12(6-8-14)16-9-10-17(18(20)22)21(16)24;19-15-4-2-1-3-13(15)11-23-14-7-5-12(6-8-14)16-9-10-17(21-16)18(20)22;;/h1-8,16-17H,9-11,24H2,(H2,20,22);1-8,16-17,21H,9-11H2,(H2,20,22);1H4;1H/t2*16-,17+;;/m11../s1. The number of hydrogen-bond acceptors (Lipinski definition) is 6. The van der Waals surface area contributed by atoms with Crippen molar-refractivity contribution in [3.8, 4) is 11.5 Å². The lowest BCUT2D eigenvalue weighted by Gasteiger charge is -2.23. The molecule has 0 radical (unpaired) electrons. The van der Waals surface area contributed by atoms with Crippen molar-refractivity contribution in [2.75, 3.05) is 0 Å². The van der Waals surface area contributed by atoms with Crippen LogP contribution in [0.2, 0.25) is 0 Å². The average molecular weight is 805 g/mol. The summed E-state index contributed by atoms with van der Waals surface area (Å²) in [5.74, 6) is 0.228. The second-order valence-electron chi connectivity index (χ2n) is 11.6. The molecule has 0 aromatic heterocycles. The number of amides is 2. The molecular weight excluding hydrogens is 760 g/mol. The summed E-state index contributed by atoms with van der Waals surface area (Å²) in [6, 6.07) is 28.2. The van der Waals surface area contributed by atoms with Crippen LogP contribution in [0.3, 0.4) is 0 Å². The average Bonchev–Trinajstić information content (AvgIpc) is 3.73. The number of carbonyl (C=O) groups excluding carboxylic acids is 2. The van der Waals surface area contributed by atoms with Crippen molar-refractivity contribution < 1.29 is 27.8 Å². The van der Waals surface area contributed by atoms with Gasteiger partial charge in [0.15, 0.2) is 0 Å². The van der Waals surface area contributed by atoms with Crippen LogP contribution in [0.25, 0.3) is 0 Å². The van der Waals surface area contributed by atoms with Gasteiger partial charge in [-0.25, -0.2) is 8.78 Å². The molecule has 2 amide bonds. The van der Waals surface area contributed by atoms with Crippen LogP contribution in [0.4, 0.5) is 8.78 Å². The molecule has 4 aromatic carbocycles. The van der Waals surface area contributed by atoms with Gasteiger partial charge in [-0.15, -0.1) is 24.0 Å². The van der Waals surface area contributed by atoms with Gasteiger partial charge < -0.3 is 20.9 Å². The molecule has 1 unspecified atom stereocenters. The molecule has 5 N–H and O–H groups in total. The summed E-state index contributed by atoms with van der Waals surface area (Å²) in [6.07, 6.45) is 3.27. The van der Waals surface area contributed by atoms with Crippen LogP contribution < -0.4 is 26.3 Å². The Morgan fingerprint density at radius 2 is 1.20 bits per heavy atom. The summed E-state index contributed by atoms with van der Waals surface area (Å²) in [6.45, 7) is 0.381. The Balaban J connectivity index is 0.000000255. The number of carbonyl (C=O) groups is 2. The SMILES string of the molecule is C.I.NC(=O)[C@@H]1CC[C@H](c2ccc(OCc3ccccc3F)cc2)N1.NC(=O)[C@@H]1CC[C@H](c2ccc(OCc3ccccc3F)cc2)N1P. The predicted molar refractivity (Wildman–Crippen MR) is 201 cm³/mol. The second-order valence-corrected chi connectivity index (χ2v) is 12.2. The van der Waals surface area contributed by atoms with Gasteiger partial charge >= 0.3 is 0 Å². The minimum atomic E-state index is -0.308. The molecule has 8 nitrogen and oxygen atoms in total. The first-order valence-corrected chi connectivity index (χ1v) is 16.0. The monoisotopic (exact) mass is 804 g/mol. The number of nitrogens with zero attached hydrogens (tertiary/aromatic N) is 1. The zero-order valence-electron chi connectivity index (χ0n) is 26.3. The normalized spacial score (nSPS) is 19.8. The van der Waals surface area contributed by atoms with Gasteiger partial charge in [-0.1, -0.05) is 77.5 Å². The molecule has 49 heavy (non-hydrogen) atoms. The van der Waals surface area contributed by atoms with E-state index in [1.165, 1.54) is 12.1 Å². The summed E-state index contributed by atoms with van der Waals surface area (Å²) >= 11 is 0. The minimum absolute atomic E-state index is 0. The maximum absolute atomic E-state index is 13.6. The van der Waals surface area contributed by atoms with Crippen LogP contribution in [0, 0.1) is 11.6 Å². The lowest BCUT2D eigenvalue weighted by Crippen LogP contribution is -2.37. The number of nitrogens with one attached hydrogen (secondary N) is 1. The van der Waals surface area contributed by atoms with Crippen molar-refractivity contribution in [1.29, 1.82) is 0 Å². The molecule has 2 aliphatic heterocycles. The van der Waals surface area contributed by atoms with E-state index in [2.05, 4.69) is 14.7 Å². The summed E-state index contributed by atoms with van der Waals surface area (Å²) < 4.78 is 40.3. The van der Waals surface area contributed by atoms with Gasteiger partial charge in [-0.05, 0) is 73.2 Å². The Morgan fingerprint density at radius 3 is 1.63 bits per heavy atom. The van der Waals surface area contributed by atoms with Gasteiger partial charge in [0, 0.05) is 23.2 Å². The quantitative estimate of drug-likeness (QED) is 0.116. The molecule has 0 spiro atoms. The van der Waals surface area contributed by atoms with E-state index < -0.39 is 0 Å². The molecule has 262 valence electrons. The highest BCUT2D eigenvalue weighted by atomic mass is 127. The number of nitrogens with two attached hydrogens (primary N) is 2. The van der Waals surface area contributed by atoms with E-state index in [1.54, 1.807) is 36.4 Å². The third-order valence-electron chi connectivity index (χ3n) is 8.50. The number of ether oxygens (including phenoxy) is 2. The van der Waals surface area contributed by atoms with E-state index >= 15 is 0 Å². The third kappa shape index (κ3) is 10.7. The summed E-state index contributed by atoms with van der Waals surface area (Å²) in [5.41, 5.74) is 14.0. The molecule has 4 aromatic rings. The van der Waals surface area contributed by atoms with Gasteiger partial charge in [-0.3, -0.25) is 19.6 Å². The predicted octanol–water partition coefficient (Wildman–Crippen LogP) is 7.12. The molecule has 12 heteroatoms. The molecule has 2 fully saturated rings. The number of rotatable bonds is 10. The molecule has 0 bridgehead atoms. The van der Waals surface area contributed by atoms with Gasteiger partial charge in [0.2, 0.25) is 11.8 Å². The largest absolute Gasteiger partial charge is 0.489 e. The number of benzene rings is 4. The fourth-order valence-corrected chi connectivity index (χ4v) is 6.44. The van der Waals surface area contributed by atoms with Crippen LogP contribution in [0.5, 0.6) is 11.5 Å². The second kappa shape index (κ2) is 18.9. The van der Waals surface area contributed by atoms with Gasteiger partial charge in [0.1, 0.15) is 36.3 Å². The van der Waals surface area contributed by atoms with E-state index in [0.29, 0.717) is 22.6 Å². The van der Waals surface area contributed by atoms with Gasteiger partial charge in [0.05, 0.1) is 12.1 Å². The lowest BCUT2D eigenvalue weighted by molar-refractivity contribution is -0.121. The van der Waals surface area contributed by atoms with Crippen LogP contribution >= 0.6 is 33.4 Å². The highest BCUT2D eigenvalue weighted by Gasteiger charge is 2.35. The molecule has 0 aliphatic carbocycles. The van der Waals surface area contributed by atoms with Gasteiger partial charge in [-0.2, -0.15) is 0 Å². The van der Waals surface area contributed by atoms with Crippen LogP contribution in [-0.2, 0) is 22.8 Å². The highest BCUT2D eigenvalue weighted by molar-refractivity contribution is 14.0. The lowest BCUT2D eigenvalue weighted by atomic mass is 10.1. The maximum atomic E-state index is 13.6. The Morgan fingerprint density at radius 1 is 0.714 bits per heavy atom. The smallest absolute Gasteiger partial charge is 0.235 e. The van der Waals surface area contributed by atoms with Crippen molar-refractivity contribution in [3.63, 3.8) is 0 Å². The Kier molecular flexibility index (Phi) is 15.4. The fourth-order valence-electron chi connectivity index (χ4n) is 5.82. The first-order chi connectivity index (χ1) is 22.7. The minimum Gasteiger partial charge on any atom is -0.489 e. The van der Waals surface area contributed by atoms with Crippen LogP contribution in [0.15, 0.2) is 97.1 Å². The van der Waals surface area contributed by atoms with Crippen molar-refractivity contribution in [2.24, 2.45) is 11.5 Å². The highest BCUT2D eigenvalue weighted by Crippen LogP contribution is 2.39. The molecule has 5 atom stereocenters. The Hall–Kier alpha value is -3.64. The first-order valence-electron chi connectivity index (χ1n) is 15.5. The molecule has 6 rings (SSSR count). The van der Waals surface area contributed by atoms with E-state index in [1.807, 2.05) is 53.2 Å². The third-order valence-corrected chi connectivity index (χ3v) is 9.22. The number of hydrogen-bond donors (Lipinski definition) is 3. The van der Waals surface area contributed by atoms with Crippen LogP contribution in [-0.4, -0.2) is 28.6 Å². The molecule has 2 aliphatic rings. The Labute approximate surface area is 306 Å². The van der Waals surface area contributed by atoms with E-state index in [4.69, 9.17) is 20.9 Å². The number of primary amides is 2. The molecule has 2 heterocycles. The summed E-state index contributed by atoms with van der Waals surface area (Å²) in [7, 11) is 2.61. The van der Waals surface area contributed by atoms with Crippen molar-refractivity contribution >= 4 is 45.2 Å². The van der Waals surface area contributed by atoms with Crippen molar-refractivity contribution in [2.45, 2.75) is 70.5 Å². The molecule has 2 saturated heterocycles. The first kappa shape index (κ1) is 39.8. The number of halogens is 3. The maximum Gasteiger partial charge on any atom is 0.235 e. The van der Waals surface area contributed by atoms with Crippen molar-refractivity contribution in [3.05, 3.63) is 131 Å². The topological polar surface area (TPSA) is 120 Å². The van der Waals surface area contributed by atoms with Crippen LogP contribution in [0.1, 0.15) is 67.4 Å². The van der Waals surface area contributed by atoms with Gasteiger partial charge in [0.25, 0.3) is 0 Å². The van der Waals surface area contributed by atoms with Crippen molar-refractivity contribution in [1.82, 2.24) is 9.99 Å². The van der Waals surface area contributed by atoms with E-state index in [9.17, 15) is 18.4 Å². The van der Waals surface area contributed by atoms with E-state index in [-0.39, 0.29) is 92.2 Å². The summed E-state index contributed by atoms with van der Waals surface area (Å²) in [5, 5.41) is 3.23. The zero-order chi connectivity index (χ0) is 33.3. The summed E-state index contributed by atoms with van der Waals surface area (Å²) in [4.78, 5) is 22.6.